The molecular formula is C20H23N5O. The Balaban J connectivity index is 1.47. The number of carbonyl (C=O) groups is 1. The number of aromatic nitrogens is 3. The van der Waals surface area contributed by atoms with Crippen LogP contribution in [0, 0.1) is 0 Å². The third-order valence-electron chi connectivity index (χ3n) is 4.94. The standard InChI is InChI=1S/C20H23N5O/c26-20(22-9-12-25-10-2-1-3-11-25)19-17-13-15(6-7-18(17)23-24-19)16-5-4-8-21-14-16/h4-8,13-14H,1-3,9-12H2,(H,22,26)(H,23,24). The Hall–Kier alpha value is -2.73. The first-order valence-electron chi connectivity index (χ1n) is 9.20. The minimum absolute atomic E-state index is 0.128. The molecule has 4 rings (SSSR count). The molecule has 1 amide bonds. The lowest BCUT2D eigenvalue weighted by Gasteiger charge is -2.26. The van der Waals surface area contributed by atoms with Crippen molar-refractivity contribution in [3.63, 3.8) is 0 Å². The van der Waals surface area contributed by atoms with E-state index in [0.29, 0.717) is 12.2 Å². The van der Waals surface area contributed by atoms with Crippen LogP contribution in [0.4, 0.5) is 0 Å². The van der Waals surface area contributed by atoms with Crippen LogP contribution in [0.1, 0.15) is 29.8 Å². The molecule has 0 atom stereocenters. The molecule has 0 aliphatic carbocycles. The summed E-state index contributed by atoms with van der Waals surface area (Å²) in [6.07, 6.45) is 7.41. The highest BCUT2D eigenvalue weighted by Crippen LogP contribution is 2.24. The fourth-order valence-corrected chi connectivity index (χ4v) is 3.49. The van der Waals surface area contributed by atoms with Gasteiger partial charge in [0.2, 0.25) is 0 Å². The molecule has 1 fully saturated rings. The number of likely N-dealkylation sites (tertiary alicyclic amines) is 1. The molecule has 0 radical (unpaired) electrons. The predicted molar refractivity (Wildman–Crippen MR) is 102 cm³/mol. The maximum absolute atomic E-state index is 12.6. The van der Waals surface area contributed by atoms with E-state index in [1.54, 1.807) is 6.20 Å². The number of aromatic amines is 1. The highest BCUT2D eigenvalue weighted by Gasteiger charge is 2.16. The zero-order valence-corrected chi connectivity index (χ0v) is 14.7. The fraction of sp³-hybridized carbons (Fsp3) is 0.350. The molecule has 3 aromatic rings. The van der Waals surface area contributed by atoms with Gasteiger partial charge in [0.15, 0.2) is 5.69 Å². The molecule has 0 saturated carbocycles. The molecule has 6 nitrogen and oxygen atoms in total. The Labute approximate surface area is 152 Å². The summed E-state index contributed by atoms with van der Waals surface area (Å²) in [6, 6.07) is 9.87. The van der Waals surface area contributed by atoms with Crippen molar-refractivity contribution < 1.29 is 4.79 Å². The van der Waals surface area contributed by atoms with Crippen molar-refractivity contribution in [1.29, 1.82) is 0 Å². The highest BCUT2D eigenvalue weighted by atomic mass is 16.1. The fourth-order valence-electron chi connectivity index (χ4n) is 3.49. The largest absolute Gasteiger partial charge is 0.349 e. The van der Waals surface area contributed by atoms with E-state index in [-0.39, 0.29) is 5.91 Å². The number of rotatable bonds is 5. The second-order valence-electron chi connectivity index (χ2n) is 6.73. The number of nitrogens with zero attached hydrogens (tertiary/aromatic N) is 3. The van der Waals surface area contributed by atoms with Gasteiger partial charge in [-0.25, -0.2) is 0 Å². The third kappa shape index (κ3) is 3.60. The van der Waals surface area contributed by atoms with Gasteiger partial charge in [0.1, 0.15) is 0 Å². The molecular weight excluding hydrogens is 326 g/mol. The quantitative estimate of drug-likeness (QED) is 0.743. The summed E-state index contributed by atoms with van der Waals surface area (Å²) in [7, 11) is 0. The molecule has 2 N–H and O–H groups in total. The number of amides is 1. The summed E-state index contributed by atoms with van der Waals surface area (Å²) in [4.78, 5) is 19.2. The zero-order valence-electron chi connectivity index (χ0n) is 14.7. The summed E-state index contributed by atoms with van der Waals surface area (Å²) >= 11 is 0. The van der Waals surface area contributed by atoms with Crippen LogP contribution in [0.15, 0.2) is 42.7 Å². The van der Waals surface area contributed by atoms with E-state index in [0.717, 1.165) is 41.7 Å². The monoisotopic (exact) mass is 349 g/mol. The van der Waals surface area contributed by atoms with Crippen LogP contribution in [0.3, 0.4) is 0 Å². The first kappa shape index (κ1) is 16.7. The number of nitrogens with one attached hydrogen (secondary N) is 2. The van der Waals surface area contributed by atoms with Crippen molar-refractivity contribution in [3.05, 3.63) is 48.4 Å². The summed E-state index contributed by atoms with van der Waals surface area (Å²) in [5.74, 6) is -0.128. The minimum atomic E-state index is -0.128. The second kappa shape index (κ2) is 7.66. The van der Waals surface area contributed by atoms with Crippen LogP contribution in [0.5, 0.6) is 0 Å². The first-order valence-corrected chi connectivity index (χ1v) is 9.20. The Bertz CT molecular complexity index is 884. The van der Waals surface area contributed by atoms with Gasteiger partial charge in [-0.05, 0) is 49.7 Å². The van der Waals surface area contributed by atoms with Crippen LogP contribution in [0.25, 0.3) is 22.0 Å². The second-order valence-corrected chi connectivity index (χ2v) is 6.73. The van der Waals surface area contributed by atoms with E-state index in [9.17, 15) is 4.79 Å². The Morgan fingerprint density at radius 1 is 1.15 bits per heavy atom. The van der Waals surface area contributed by atoms with Crippen LogP contribution >= 0.6 is 0 Å². The van der Waals surface area contributed by atoms with E-state index < -0.39 is 0 Å². The Morgan fingerprint density at radius 3 is 2.85 bits per heavy atom. The molecule has 1 saturated heterocycles. The van der Waals surface area contributed by atoms with Crippen molar-refractivity contribution >= 4 is 16.8 Å². The topological polar surface area (TPSA) is 73.9 Å². The normalized spacial score (nSPS) is 15.2. The van der Waals surface area contributed by atoms with Gasteiger partial charge in [-0.15, -0.1) is 0 Å². The molecule has 1 aliphatic heterocycles. The molecule has 26 heavy (non-hydrogen) atoms. The van der Waals surface area contributed by atoms with Crippen LogP contribution < -0.4 is 5.32 Å². The zero-order chi connectivity index (χ0) is 17.8. The molecule has 1 aliphatic rings. The van der Waals surface area contributed by atoms with Crippen LogP contribution in [0.2, 0.25) is 0 Å². The van der Waals surface area contributed by atoms with Gasteiger partial charge in [0.05, 0.1) is 5.52 Å². The van der Waals surface area contributed by atoms with Crippen molar-refractivity contribution in [2.75, 3.05) is 26.2 Å². The lowest BCUT2D eigenvalue weighted by Crippen LogP contribution is -2.37. The van der Waals surface area contributed by atoms with E-state index in [1.165, 1.54) is 19.3 Å². The molecule has 1 aromatic carbocycles. The number of hydrogen-bond acceptors (Lipinski definition) is 4. The van der Waals surface area contributed by atoms with Gasteiger partial charge in [-0.2, -0.15) is 5.10 Å². The van der Waals surface area contributed by atoms with Crippen molar-refractivity contribution in [1.82, 2.24) is 25.4 Å². The average Bonchev–Trinajstić information content (AvgIpc) is 3.13. The average molecular weight is 349 g/mol. The van der Waals surface area contributed by atoms with Gasteiger partial charge >= 0.3 is 0 Å². The van der Waals surface area contributed by atoms with Crippen molar-refractivity contribution in [2.45, 2.75) is 19.3 Å². The summed E-state index contributed by atoms with van der Waals surface area (Å²) in [6.45, 7) is 3.82. The van der Waals surface area contributed by atoms with E-state index in [2.05, 4.69) is 25.4 Å². The molecule has 3 heterocycles. The maximum Gasteiger partial charge on any atom is 0.272 e. The Kier molecular flexibility index (Phi) is 4.93. The van der Waals surface area contributed by atoms with Gasteiger partial charge < -0.3 is 10.2 Å². The van der Waals surface area contributed by atoms with Crippen LogP contribution in [-0.4, -0.2) is 52.2 Å². The minimum Gasteiger partial charge on any atom is -0.349 e. The van der Waals surface area contributed by atoms with Gasteiger partial charge in [-0.3, -0.25) is 14.9 Å². The lowest BCUT2D eigenvalue weighted by atomic mass is 10.0. The SMILES string of the molecule is O=C(NCCN1CCCCC1)c1n[nH]c2ccc(-c3cccnc3)cc12. The highest BCUT2D eigenvalue weighted by molar-refractivity contribution is 6.05. The van der Waals surface area contributed by atoms with E-state index in [4.69, 9.17) is 0 Å². The first-order chi connectivity index (χ1) is 12.8. The number of pyridine rings is 1. The van der Waals surface area contributed by atoms with E-state index in [1.807, 2.05) is 36.5 Å². The van der Waals surface area contributed by atoms with E-state index >= 15 is 0 Å². The van der Waals surface area contributed by atoms with Crippen molar-refractivity contribution in [2.24, 2.45) is 0 Å². The molecule has 0 unspecified atom stereocenters. The summed E-state index contributed by atoms with van der Waals surface area (Å²) in [5, 5.41) is 11.0. The predicted octanol–water partition coefficient (Wildman–Crippen LogP) is 2.84. The van der Waals surface area contributed by atoms with Gasteiger partial charge in [0, 0.05) is 36.4 Å². The number of piperidine rings is 1. The molecule has 6 heteroatoms. The number of carbonyl (C=O) groups excluding carboxylic acids is 1. The molecule has 134 valence electrons. The number of H-pyrrole nitrogens is 1. The van der Waals surface area contributed by atoms with Crippen LogP contribution in [-0.2, 0) is 0 Å². The lowest BCUT2D eigenvalue weighted by molar-refractivity contribution is 0.0943. The molecule has 0 spiro atoms. The van der Waals surface area contributed by atoms with Gasteiger partial charge in [-0.1, -0.05) is 18.6 Å². The summed E-state index contributed by atoms with van der Waals surface area (Å²) < 4.78 is 0. The maximum atomic E-state index is 12.6. The van der Waals surface area contributed by atoms with Crippen molar-refractivity contribution in [3.8, 4) is 11.1 Å². The molecule has 2 aromatic heterocycles. The molecule has 0 bridgehead atoms. The number of fused-ring (bicyclic) bond motifs is 1. The Morgan fingerprint density at radius 2 is 2.04 bits per heavy atom. The summed E-state index contributed by atoms with van der Waals surface area (Å²) in [5.41, 5.74) is 3.35. The van der Waals surface area contributed by atoms with Gasteiger partial charge in [0.25, 0.3) is 5.91 Å². The number of benzene rings is 1. The smallest absolute Gasteiger partial charge is 0.272 e. The third-order valence-corrected chi connectivity index (χ3v) is 4.94. The number of hydrogen-bond donors (Lipinski definition) is 2.